The van der Waals surface area contributed by atoms with Gasteiger partial charge in [0.1, 0.15) is 5.78 Å². The van der Waals surface area contributed by atoms with Gasteiger partial charge < -0.3 is 4.90 Å². The molecule has 0 saturated heterocycles. The van der Waals surface area contributed by atoms with Crippen LogP contribution in [-0.4, -0.2) is 17.9 Å². The van der Waals surface area contributed by atoms with E-state index in [0.717, 1.165) is 6.54 Å². The van der Waals surface area contributed by atoms with Gasteiger partial charge in [-0.15, -0.1) is 0 Å². The molecular weight excluding hydrogens is 246 g/mol. The van der Waals surface area contributed by atoms with Crippen molar-refractivity contribution in [1.82, 2.24) is 0 Å². The summed E-state index contributed by atoms with van der Waals surface area (Å²) in [7, 11) is 0. The summed E-state index contributed by atoms with van der Waals surface area (Å²) >= 11 is 0. The molecule has 0 spiro atoms. The summed E-state index contributed by atoms with van der Waals surface area (Å²) < 4.78 is 0. The lowest BCUT2D eigenvalue weighted by Gasteiger charge is -2.38. The normalized spacial score (nSPS) is 16.9. The van der Waals surface area contributed by atoms with E-state index in [-0.39, 0.29) is 11.0 Å². The van der Waals surface area contributed by atoms with E-state index in [1.807, 2.05) is 0 Å². The van der Waals surface area contributed by atoms with Crippen molar-refractivity contribution in [3.05, 3.63) is 29.3 Å². The maximum atomic E-state index is 12.0. The van der Waals surface area contributed by atoms with E-state index in [1.165, 1.54) is 16.8 Å². The first kappa shape index (κ1) is 15.1. The third-order valence-corrected chi connectivity index (χ3v) is 4.05. The molecule has 1 heterocycles. The second-order valence-electron chi connectivity index (χ2n) is 7.88. The minimum Gasteiger partial charge on any atom is -0.366 e. The number of anilines is 1. The summed E-state index contributed by atoms with van der Waals surface area (Å²) in [6.45, 7) is 14.2. The van der Waals surface area contributed by atoms with Crippen molar-refractivity contribution in [2.75, 3.05) is 11.4 Å². The van der Waals surface area contributed by atoms with Crippen molar-refractivity contribution in [3.63, 3.8) is 0 Å². The van der Waals surface area contributed by atoms with E-state index in [9.17, 15) is 4.79 Å². The minimum atomic E-state index is 0.0376. The topological polar surface area (TPSA) is 20.3 Å². The number of fused-ring (bicyclic) bond motifs is 1. The number of hydrogen-bond acceptors (Lipinski definition) is 2. The Morgan fingerprint density at radius 3 is 2.25 bits per heavy atom. The number of benzene rings is 1. The van der Waals surface area contributed by atoms with Gasteiger partial charge in [0.25, 0.3) is 0 Å². The van der Waals surface area contributed by atoms with E-state index < -0.39 is 0 Å². The Bertz CT molecular complexity index is 517. The minimum absolute atomic E-state index is 0.0376. The predicted molar refractivity (Wildman–Crippen MR) is 85.6 cm³/mol. The van der Waals surface area contributed by atoms with Crippen LogP contribution >= 0.6 is 0 Å². The maximum absolute atomic E-state index is 12.0. The lowest BCUT2D eigenvalue weighted by atomic mass is 9.85. The monoisotopic (exact) mass is 273 g/mol. The van der Waals surface area contributed by atoms with Crippen LogP contribution in [0.4, 0.5) is 5.69 Å². The zero-order valence-electron chi connectivity index (χ0n) is 13.7. The SMILES string of the molecule is CC(C)(C)c1ccc2c(c1)N(C(C)(C)C)CCC(=O)C2. The molecule has 0 atom stereocenters. The molecule has 1 aliphatic heterocycles. The van der Waals surface area contributed by atoms with Crippen molar-refractivity contribution < 1.29 is 4.79 Å². The van der Waals surface area contributed by atoms with Crippen LogP contribution in [0.5, 0.6) is 0 Å². The number of rotatable bonds is 0. The number of ketones is 1. The standard InChI is InChI=1S/C18H27NO/c1-17(2,3)14-8-7-13-11-15(20)9-10-19(16(13)12-14)18(4,5)6/h7-8,12H,9-11H2,1-6H3. The molecule has 0 unspecified atom stereocenters. The van der Waals surface area contributed by atoms with Crippen LogP contribution in [0.1, 0.15) is 59.1 Å². The number of nitrogens with zero attached hydrogens (tertiary/aromatic N) is 1. The Hall–Kier alpha value is -1.31. The molecule has 0 aliphatic carbocycles. The van der Waals surface area contributed by atoms with Gasteiger partial charge in [-0.25, -0.2) is 0 Å². The van der Waals surface area contributed by atoms with Gasteiger partial charge in [0, 0.05) is 30.6 Å². The molecule has 1 aliphatic rings. The third-order valence-electron chi connectivity index (χ3n) is 4.05. The number of carbonyl (C=O) groups excluding carboxylic acids is 1. The van der Waals surface area contributed by atoms with Crippen molar-refractivity contribution in [2.24, 2.45) is 0 Å². The first-order valence-corrected chi connectivity index (χ1v) is 7.52. The van der Waals surface area contributed by atoms with Gasteiger partial charge in [-0.2, -0.15) is 0 Å². The quantitative estimate of drug-likeness (QED) is 0.709. The van der Waals surface area contributed by atoms with Crippen LogP contribution in [0, 0.1) is 0 Å². The van der Waals surface area contributed by atoms with E-state index in [4.69, 9.17) is 0 Å². The van der Waals surface area contributed by atoms with Crippen LogP contribution < -0.4 is 4.90 Å². The molecule has 1 aromatic rings. The summed E-state index contributed by atoms with van der Waals surface area (Å²) in [4.78, 5) is 14.4. The number of hydrogen-bond donors (Lipinski definition) is 0. The summed E-state index contributed by atoms with van der Waals surface area (Å²) in [5, 5.41) is 0. The molecule has 2 rings (SSSR count). The molecule has 1 aromatic carbocycles. The number of Topliss-reactive ketones (excluding diaryl/α,β-unsaturated/α-hetero) is 1. The van der Waals surface area contributed by atoms with Crippen molar-refractivity contribution in [2.45, 2.75) is 65.3 Å². The van der Waals surface area contributed by atoms with Gasteiger partial charge >= 0.3 is 0 Å². The maximum Gasteiger partial charge on any atom is 0.139 e. The third kappa shape index (κ3) is 3.05. The van der Waals surface area contributed by atoms with Gasteiger partial charge in [-0.1, -0.05) is 32.9 Å². The van der Waals surface area contributed by atoms with E-state index in [2.05, 4.69) is 64.6 Å². The summed E-state index contributed by atoms with van der Waals surface area (Å²) in [5.41, 5.74) is 3.93. The Morgan fingerprint density at radius 1 is 1.05 bits per heavy atom. The molecule has 0 amide bonds. The summed E-state index contributed by atoms with van der Waals surface area (Å²) in [6, 6.07) is 6.62. The molecule has 2 heteroatoms. The Morgan fingerprint density at radius 2 is 1.70 bits per heavy atom. The smallest absolute Gasteiger partial charge is 0.139 e. The Labute approximate surface area is 123 Å². The van der Waals surface area contributed by atoms with E-state index in [0.29, 0.717) is 18.6 Å². The average molecular weight is 273 g/mol. The van der Waals surface area contributed by atoms with Crippen LogP contribution in [-0.2, 0) is 16.6 Å². The first-order chi connectivity index (χ1) is 9.09. The molecule has 110 valence electrons. The van der Waals surface area contributed by atoms with Crippen LogP contribution in [0.3, 0.4) is 0 Å². The molecule has 0 fully saturated rings. The molecule has 0 radical (unpaired) electrons. The van der Waals surface area contributed by atoms with Crippen LogP contribution in [0.25, 0.3) is 0 Å². The molecule has 0 aromatic heterocycles. The average Bonchev–Trinajstić information content (AvgIpc) is 2.44. The fraction of sp³-hybridized carbons (Fsp3) is 0.611. The zero-order chi connectivity index (χ0) is 15.1. The van der Waals surface area contributed by atoms with Crippen molar-refractivity contribution in [3.8, 4) is 0 Å². The molecule has 0 bridgehead atoms. The lowest BCUT2D eigenvalue weighted by Crippen LogP contribution is -2.42. The molecular formula is C18H27NO. The lowest BCUT2D eigenvalue weighted by molar-refractivity contribution is -0.118. The highest BCUT2D eigenvalue weighted by Crippen LogP contribution is 2.34. The Kier molecular flexibility index (Phi) is 3.70. The van der Waals surface area contributed by atoms with E-state index in [1.54, 1.807) is 0 Å². The second kappa shape index (κ2) is 4.91. The van der Waals surface area contributed by atoms with Gasteiger partial charge in [-0.05, 0) is 43.4 Å². The predicted octanol–water partition coefficient (Wildman–Crippen LogP) is 4.10. The van der Waals surface area contributed by atoms with Crippen molar-refractivity contribution in [1.29, 1.82) is 0 Å². The van der Waals surface area contributed by atoms with Gasteiger partial charge in [-0.3, -0.25) is 4.79 Å². The van der Waals surface area contributed by atoms with Crippen molar-refractivity contribution >= 4 is 11.5 Å². The summed E-state index contributed by atoms with van der Waals surface area (Å²) in [5.74, 6) is 0.349. The molecule has 20 heavy (non-hydrogen) atoms. The van der Waals surface area contributed by atoms with Crippen LogP contribution in [0.15, 0.2) is 18.2 Å². The van der Waals surface area contributed by atoms with Gasteiger partial charge in [0.2, 0.25) is 0 Å². The largest absolute Gasteiger partial charge is 0.366 e. The zero-order valence-corrected chi connectivity index (χ0v) is 13.7. The second-order valence-corrected chi connectivity index (χ2v) is 7.88. The Balaban J connectivity index is 2.56. The van der Waals surface area contributed by atoms with E-state index >= 15 is 0 Å². The van der Waals surface area contributed by atoms with Gasteiger partial charge in [0.15, 0.2) is 0 Å². The highest BCUT2D eigenvalue weighted by molar-refractivity contribution is 5.85. The fourth-order valence-corrected chi connectivity index (χ4v) is 2.79. The highest BCUT2D eigenvalue weighted by atomic mass is 16.1. The summed E-state index contributed by atoms with van der Waals surface area (Å²) in [6.07, 6.45) is 1.23. The van der Waals surface area contributed by atoms with Crippen LogP contribution in [0.2, 0.25) is 0 Å². The molecule has 0 saturated carbocycles. The molecule has 2 nitrogen and oxygen atoms in total. The highest BCUT2D eigenvalue weighted by Gasteiger charge is 2.28. The molecule has 0 N–H and O–H groups in total. The number of carbonyl (C=O) groups is 1. The fourth-order valence-electron chi connectivity index (χ4n) is 2.79. The van der Waals surface area contributed by atoms with Gasteiger partial charge in [0.05, 0.1) is 0 Å². The first-order valence-electron chi connectivity index (χ1n) is 7.52.